The molecule has 0 aliphatic carbocycles. The average molecular weight is 280 g/mol. The Kier molecular flexibility index (Phi) is 3.85. The second-order valence-electron chi connectivity index (χ2n) is 6.42. The third kappa shape index (κ3) is 2.38. The molecule has 20 heavy (non-hydrogen) atoms. The number of carboxylic acid groups (broad SMARTS) is 1. The molecule has 3 aliphatic heterocycles. The normalized spacial score (nSPS) is 33.9. The van der Waals surface area contributed by atoms with Gasteiger partial charge in [-0.3, -0.25) is 4.79 Å². The van der Waals surface area contributed by atoms with Gasteiger partial charge in [0.1, 0.15) is 0 Å². The van der Waals surface area contributed by atoms with Crippen molar-refractivity contribution in [2.24, 2.45) is 5.92 Å². The molecule has 3 fully saturated rings. The Morgan fingerprint density at radius 2 is 1.60 bits per heavy atom. The number of nitrogens with zero attached hydrogens (tertiary/aromatic N) is 2. The van der Waals surface area contributed by atoms with Crippen LogP contribution >= 0.6 is 0 Å². The number of hydrogen-bond acceptors (Lipinski definition) is 2. The molecule has 3 aliphatic rings. The highest BCUT2D eigenvalue weighted by Gasteiger charge is 2.52. The Balaban J connectivity index is 1.69. The molecule has 3 saturated heterocycles. The second kappa shape index (κ2) is 5.62. The fraction of sp³-hybridized carbons (Fsp3) is 0.867. The SMILES string of the molecule is O=C(O)C1CC2CCC1N2C(=O)N1CCCCCCC1. The first-order valence-electron chi connectivity index (χ1n) is 7.98. The van der Waals surface area contributed by atoms with Crippen LogP contribution in [0.3, 0.4) is 0 Å². The van der Waals surface area contributed by atoms with E-state index in [1.807, 2.05) is 9.80 Å². The van der Waals surface area contributed by atoms with E-state index < -0.39 is 5.97 Å². The zero-order valence-corrected chi connectivity index (χ0v) is 12.0. The molecule has 0 aromatic carbocycles. The van der Waals surface area contributed by atoms with Crippen LogP contribution < -0.4 is 0 Å². The van der Waals surface area contributed by atoms with Gasteiger partial charge in [-0.25, -0.2) is 4.79 Å². The Bertz CT molecular complexity index is 391. The lowest BCUT2D eigenvalue weighted by Crippen LogP contribution is -2.47. The van der Waals surface area contributed by atoms with Crippen LogP contribution in [0.2, 0.25) is 0 Å². The van der Waals surface area contributed by atoms with Crippen LogP contribution in [0, 0.1) is 5.92 Å². The lowest BCUT2D eigenvalue weighted by Gasteiger charge is -2.32. The van der Waals surface area contributed by atoms with Gasteiger partial charge in [0, 0.05) is 25.2 Å². The van der Waals surface area contributed by atoms with Crippen LogP contribution in [0.4, 0.5) is 4.79 Å². The highest BCUT2D eigenvalue weighted by Crippen LogP contribution is 2.42. The number of carbonyl (C=O) groups excluding carboxylic acids is 1. The summed E-state index contributed by atoms with van der Waals surface area (Å²) in [5.74, 6) is -1.07. The number of hydrogen-bond donors (Lipinski definition) is 1. The standard InChI is InChI=1S/C15H24N2O3/c18-14(19)12-10-11-6-7-13(12)17(11)15(20)16-8-4-2-1-3-5-9-16/h11-13H,1-10H2,(H,18,19). The maximum Gasteiger partial charge on any atom is 0.320 e. The number of carbonyl (C=O) groups is 2. The first kappa shape index (κ1) is 13.7. The molecular weight excluding hydrogens is 256 g/mol. The van der Waals surface area contributed by atoms with E-state index in [0.717, 1.165) is 38.8 Å². The van der Waals surface area contributed by atoms with Gasteiger partial charge in [-0.1, -0.05) is 19.3 Å². The van der Waals surface area contributed by atoms with Crippen LogP contribution in [-0.2, 0) is 4.79 Å². The van der Waals surface area contributed by atoms with E-state index >= 15 is 0 Å². The predicted molar refractivity (Wildman–Crippen MR) is 74.4 cm³/mol. The van der Waals surface area contributed by atoms with Crippen molar-refractivity contribution in [3.05, 3.63) is 0 Å². The van der Waals surface area contributed by atoms with Crippen molar-refractivity contribution < 1.29 is 14.7 Å². The van der Waals surface area contributed by atoms with Crippen molar-refractivity contribution >= 4 is 12.0 Å². The number of fused-ring (bicyclic) bond motifs is 2. The lowest BCUT2D eigenvalue weighted by molar-refractivity contribution is -0.142. The van der Waals surface area contributed by atoms with E-state index in [-0.39, 0.29) is 24.0 Å². The zero-order valence-electron chi connectivity index (χ0n) is 12.0. The number of likely N-dealkylation sites (tertiary alicyclic amines) is 1. The van der Waals surface area contributed by atoms with Gasteiger partial charge < -0.3 is 14.9 Å². The highest BCUT2D eigenvalue weighted by atomic mass is 16.4. The molecule has 0 radical (unpaired) electrons. The van der Waals surface area contributed by atoms with E-state index in [1.54, 1.807) is 0 Å². The summed E-state index contributed by atoms with van der Waals surface area (Å²) in [6.45, 7) is 1.68. The van der Waals surface area contributed by atoms with Gasteiger partial charge in [-0.2, -0.15) is 0 Å². The summed E-state index contributed by atoms with van der Waals surface area (Å²) in [6.07, 6.45) is 8.34. The fourth-order valence-electron chi connectivity index (χ4n) is 4.15. The molecule has 1 N–H and O–H groups in total. The lowest BCUT2D eigenvalue weighted by atomic mass is 9.89. The van der Waals surface area contributed by atoms with E-state index in [2.05, 4.69) is 0 Å². The first-order chi connectivity index (χ1) is 9.68. The van der Waals surface area contributed by atoms with Gasteiger partial charge in [-0.05, 0) is 32.1 Å². The molecule has 3 unspecified atom stereocenters. The molecule has 0 aromatic rings. The fourth-order valence-corrected chi connectivity index (χ4v) is 4.15. The van der Waals surface area contributed by atoms with Crippen molar-refractivity contribution in [2.75, 3.05) is 13.1 Å². The van der Waals surface area contributed by atoms with Crippen LogP contribution in [0.1, 0.15) is 51.4 Å². The largest absolute Gasteiger partial charge is 0.481 e. The molecular formula is C15H24N2O3. The molecule has 0 saturated carbocycles. The van der Waals surface area contributed by atoms with Crippen molar-refractivity contribution in [2.45, 2.75) is 63.5 Å². The van der Waals surface area contributed by atoms with E-state index in [0.29, 0.717) is 6.42 Å². The topological polar surface area (TPSA) is 60.9 Å². The smallest absolute Gasteiger partial charge is 0.320 e. The molecule has 5 heteroatoms. The summed E-state index contributed by atoms with van der Waals surface area (Å²) in [7, 11) is 0. The number of aliphatic carboxylic acids is 1. The number of rotatable bonds is 1. The summed E-state index contributed by atoms with van der Waals surface area (Å²) in [6, 6.07) is 0.206. The second-order valence-corrected chi connectivity index (χ2v) is 6.42. The minimum Gasteiger partial charge on any atom is -0.481 e. The van der Waals surface area contributed by atoms with Gasteiger partial charge in [-0.15, -0.1) is 0 Å². The Morgan fingerprint density at radius 1 is 0.950 bits per heavy atom. The number of carboxylic acids is 1. The number of amides is 2. The Labute approximate surface area is 119 Å². The Morgan fingerprint density at radius 3 is 2.20 bits per heavy atom. The summed E-state index contributed by atoms with van der Waals surface area (Å²) in [5, 5.41) is 9.28. The minimum atomic E-state index is -0.734. The molecule has 5 nitrogen and oxygen atoms in total. The van der Waals surface area contributed by atoms with Crippen LogP contribution in [0.15, 0.2) is 0 Å². The maximum absolute atomic E-state index is 12.8. The monoisotopic (exact) mass is 280 g/mol. The van der Waals surface area contributed by atoms with Gasteiger partial charge in [0.05, 0.1) is 5.92 Å². The number of urea groups is 1. The van der Waals surface area contributed by atoms with E-state index in [4.69, 9.17) is 0 Å². The van der Waals surface area contributed by atoms with Crippen LogP contribution in [-0.4, -0.2) is 52.1 Å². The molecule has 2 bridgehead atoms. The van der Waals surface area contributed by atoms with Crippen molar-refractivity contribution in [1.82, 2.24) is 9.80 Å². The van der Waals surface area contributed by atoms with Crippen LogP contribution in [0.5, 0.6) is 0 Å². The predicted octanol–water partition coefficient (Wildman–Crippen LogP) is 2.31. The average Bonchev–Trinajstić information content (AvgIpc) is 2.94. The van der Waals surface area contributed by atoms with Gasteiger partial charge in [0.2, 0.25) is 0 Å². The summed E-state index contributed by atoms with van der Waals surface area (Å²) < 4.78 is 0. The first-order valence-corrected chi connectivity index (χ1v) is 7.98. The highest BCUT2D eigenvalue weighted by molar-refractivity contribution is 5.79. The van der Waals surface area contributed by atoms with Gasteiger partial charge in [0.15, 0.2) is 0 Å². The van der Waals surface area contributed by atoms with E-state index in [1.165, 1.54) is 19.3 Å². The van der Waals surface area contributed by atoms with Gasteiger partial charge >= 0.3 is 12.0 Å². The van der Waals surface area contributed by atoms with Crippen molar-refractivity contribution in [1.29, 1.82) is 0 Å². The van der Waals surface area contributed by atoms with Crippen LogP contribution in [0.25, 0.3) is 0 Å². The van der Waals surface area contributed by atoms with E-state index in [9.17, 15) is 14.7 Å². The molecule has 2 amide bonds. The molecule has 0 aromatic heterocycles. The third-order valence-corrected chi connectivity index (χ3v) is 5.20. The maximum atomic E-state index is 12.8. The quantitative estimate of drug-likeness (QED) is 0.801. The van der Waals surface area contributed by atoms with Crippen molar-refractivity contribution in [3.63, 3.8) is 0 Å². The third-order valence-electron chi connectivity index (χ3n) is 5.20. The van der Waals surface area contributed by atoms with Gasteiger partial charge in [0.25, 0.3) is 0 Å². The summed E-state index contributed by atoms with van der Waals surface area (Å²) in [5.41, 5.74) is 0. The molecule has 3 heterocycles. The molecule has 3 rings (SSSR count). The Hall–Kier alpha value is -1.26. The van der Waals surface area contributed by atoms with Crippen molar-refractivity contribution in [3.8, 4) is 0 Å². The molecule has 0 spiro atoms. The zero-order chi connectivity index (χ0) is 14.1. The molecule has 3 atom stereocenters. The summed E-state index contributed by atoms with van der Waals surface area (Å²) >= 11 is 0. The minimum absolute atomic E-state index is 0.0598. The summed E-state index contributed by atoms with van der Waals surface area (Å²) in [4.78, 5) is 27.9. The molecule has 112 valence electrons.